The van der Waals surface area contributed by atoms with Crippen LogP contribution in [0.1, 0.15) is 34.6 Å². The van der Waals surface area contributed by atoms with Crippen LogP contribution in [0.25, 0.3) is 5.69 Å². The zero-order chi connectivity index (χ0) is 19.2. The number of hydrogen-bond donors (Lipinski definition) is 1. The molecule has 0 aliphatic heterocycles. The predicted molar refractivity (Wildman–Crippen MR) is 105 cm³/mol. The lowest BCUT2D eigenvalue weighted by atomic mass is 10.1. The topological polar surface area (TPSA) is 67.2 Å². The molecule has 138 valence electrons. The van der Waals surface area contributed by atoms with E-state index in [1.165, 1.54) is 6.20 Å². The van der Waals surface area contributed by atoms with Crippen LogP contribution < -0.4 is 5.32 Å². The summed E-state index contributed by atoms with van der Waals surface area (Å²) in [4.78, 5) is 26.5. The standard InChI is InChI=1S/C21H22N4O2/c1-3-24(4-2)21(27)16-10-12-18(13-11-16)23-20(26)17-14-22-25(15-17)19-8-6-5-7-9-19/h5-15H,3-4H2,1-2H3,(H,23,26). The molecule has 1 aromatic heterocycles. The van der Waals surface area contributed by atoms with Crippen molar-refractivity contribution >= 4 is 17.5 Å². The minimum Gasteiger partial charge on any atom is -0.339 e. The van der Waals surface area contributed by atoms with E-state index in [1.54, 1.807) is 40.0 Å². The lowest BCUT2D eigenvalue weighted by Gasteiger charge is -2.18. The molecule has 6 heteroatoms. The van der Waals surface area contributed by atoms with Gasteiger partial charge in [-0.05, 0) is 50.2 Å². The van der Waals surface area contributed by atoms with Crippen molar-refractivity contribution in [3.8, 4) is 5.69 Å². The molecule has 2 amide bonds. The van der Waals surface area contributed by atoms with Crippen molar-refractivity contribution in [3.05, 3.63) is 78.1 Å². The zero-order valence-electron chi connectivity index (χ0n) is 15.4. The molecule has 0 aliphatic carbocycles. The average Bonchev–Trinajstić information content (AvgIpc) is 3.20. The number of aromatic nitrogens is 2. The number of anilines is 1. The third-order valence-corrected chi connectivity index (χ3v) is 4.31. The molecule has 2 aromatic carbocycles. The summed E-state index contributed by atoms with van der Waals surface area (Å²) in [5, 5.41) is 7.06. The maximum atomic E-state index is 12.4. The average molecular weight is 362 g/mol. The van der Waals surface area contributed by atoms with Crippen molar-refractivity contribution in [1.82, 2.24) is 14.7 Å². The van der Waals surface area contributed by atoms with Gasteiger partial charge in [-0.3, -0.25) is 9.59 Å². The summed E-state index contributed by atoms with van der Waals surface area (Å²) >= 11 is 0. The van der Waals surface area contributed by atoms with E-state index in [2.05, 4.69) is 10.4 Å². The fraction of sp³-hybridized carbons (Fsp3) is 0.190. The second-order valence-electron chi connectivity index (χ2n) is 6.02. The van der Waals surface area contributed by atoms with Gasteiger partial charge < -0.3 is 10.2 Å². The first-order valence-corrected chi connectivity index (χ1v) is 8.93. The molecular formula is C21H22N4O2. The van der Waals surface area contributed by atoms with Gasteiger partial charge in [0.1, 0.15) is 0 Å². The van der Waals surface area contributed by atoms with Gasteiger partial charge in [0.05, 0.1) is 17.4 Å². The molecular weight excluding hydrogens is 340 g/mol. The maximum absolute atomic E-state index is 12.4. The number of nitrogens with one attached hydrogen (secondary N) is 1. The fourth-order valence-electron chi connectivity index (χ4n) is 2.75. The summed E-state index contributed by atoms with van der Waals surface area (Å²) in [7, 11) is 0. The number of nitrogens with zero attached hydrogens (tertiary/aromatic N) is 3. The second-order valence-corrected chi connectivity index (χ2v) is 6.02. The minimum atomic E-state index is -0.250. The number of amides is 2. The van der Waals surface area contributed by atoms with Crippen LogP contribution >= 0.6 is 0 Å². The highest BCUT2D eigenvalue weighted by atomic mass is 16.2. The lowest BCUT2D eigenvalue weighted by molar-refractivity contribution is 0.0773. The summed E-state index contributed by atoms with van der Waals surface area (Å²) in [6, 6.07) is 16.5. The molecule has 27 heavy (non-hydrogen) atoms. The molecule has 0 bridgehead atoms. The Labute approximate surface area is 158 Å². The van der Waals surface area contributed by atoms with Gasteiger partial charge in [-0.1, -0.05) is 18.2 Å². The maximum Gasteiger partial charge on any atom is 0.258 e. The summed E-state index contributed by atoms with van der Waals surface area (Å²) in [5.74, 6) is -0.262. The number of carbonyl (C=O) groups excluding carboxylic acids is 2. The molecule has 0 atom stereocenters. The Bertz CT molecular complexity index is 913. The van der Waals surface area contributed by atoms with E-state index < -0.39 is 0 Å². The molecule has 1 heterocycles. The molecule has 1 N–H and O–H groups in total. The van der Waals surface area contributed by atoms with Crippen molar-refractivity contribution < 1.29 is 9.59 Å². The third kappa shape index (κ3) is 4.23. The summed E-state index contributed by atoms with van der Waals surface area (Å²) in [6.45, 7) is 5.23. The lowest BCUT2D eigenvalue weighted by Crippen LogP contribution is -2.30. The molecule has 0 radical (unpaired) electrons. The van der Waals surface area contributed by atoms with Crippen molar-refractivity contribution in [2.24, 2.45) is 0 Å². The van der Waals surface area contributed by atoms with Crippen LogP contribution in [0.5, 0.6) is 0 Å². The Hall–Kier alpha value is -3.41. The first kappa shape index (κ1) is 18.4. The number of benzene rings is 2. The Morgan fingerprint density at radius 3 is 2.26 bits per heavy atom. The summed E-state index contributed by atoms with van der Waals surface area (Å²) in [5.41, 5.74) is 2.58. The fourth-order valence-corrected chi connectivity index (χ4v) is 2.75. The van der Waals surface area contributed by atoms with Gasteiger partial charge in [0.25, 0.3) is 11.8 Å². The smallest absolute Gasteiger partial charge is 0.258 e. The SMILES string of the molecule is CCN(CC)C(=O)c1ccc(NC(=O)c2cnn(-c3ccccc3)c2)cc1. The van der Waals surface area contributed by atoms with E-state index >= 15 is 0 Å². The largest absolute Gasteiger partial charge is 0.339 e. The Balaban J connectivity index is 1.68. The van der Waals surface area contributed by atoms with Gasteiger partial charge in [0.2, 0.25) is 0 Å². The van der Waals surface area contributed by atoms with E-state index in [1.807, 2.05) is 44.2 Å². The Morgan fingerprint density at radius 1 is 0.963 bits per heavy atom. The summed E-state index contributed by atoms with van der Waals surface area (Å²) < 4.78 is 1.65. The van der Waals surface area contributed by atoms with E-state index in [0.29, 0.717) is 29.9 Å². The number of rotatable bonds is 6. The highest BCUT2D eigenvalue weighted by molar-refractivity contribution is 6.04. The first-order valence-electron chi connectivity index (χ1n) is 8.93. The molecule has 0 fully saturated rings. The molecule has 0 saturated heterocycles. The van der Waals surface area contributed by atoms with Gasteiger partial charge in [-0.25, -0.2) is 4.68 Å². The first-order chi connectivity index (χ1) is 13.1. The van der Waals surface area contributed by atoms with Gasteiger partial charge in [0, 0.05) is 30.5 Å². The van der Waals surface area contributed by atoms with Crippen LogP contribution in [0.2, 0.25) is 0 Å². The molecule has 0 aliphatic rings. The zero-order valence-corrected chi connectivity index (χ0v) is 15.4. The van der Waals surface area contributed by atoms with Gasteiger partial charge >= 0.3 is 0 Å². The van der Waals surface area contributed by atoms with Crippen LogP contribution in [-0.2, 0) is 0 Å². The quantitative estimate of drug-likeness (QED) is 0.728. The molecule has 0 unspecified atom stereocenters. The van der Waals surface area contributed by atoms with E-state index in [0.717, 1.165) is 5.69 Å². The van der Waals surface area contributed by atoms with E-state index in [4.69, 9.17) is 0 Å². The number of para-hydroxylation sites is 1. The predicted octanol–water partition coefficient (Wildman–Crippen LogP) is 3.61. The molecule has 3 rings (SSSR count). The van der Waals surface area contributed by atoms with Gasteiger partial charge in [-0.2, -0.15) is 5.10 Å². The molecule has 0 saturated carbocycles. The van der Waals surface area contributed by atoms with Crippen molar-refractivity contribution in [1.29, 1.82) is 0 Å². The number of hydrogen-bond acceptors (Lipinski definition) is 3. The second kappa shape index (κ2) is 8.31. The number of carbonyl (C=O) groups is 2. The normalized spacial score (nSPS) is 10.4. The third-order valence-electron chi connectivity index (χ3n) is 4.31. The monoisotopic (exact) mass is 362 g/mol. The van der Waals surface area contributed by atoms with Crippen LogP contribution in [0.3, 0.4) is 0 Å². The highest BCUT2D eigenvalue weighted by Gasteiger charge is 2.13. The molecule has 6 nitrogen and oxygen atoms in total. The van der Waals surface area contributed by atoms with Crippen molar-refractivity contribution in [2.45, 2.75) is 13.8 Å². The summed E-state index contributed by atoms with van der Waals surface area (Å²) in [6.07, 6.45) is 3.21. The van der Waals surface area contributed by atoms with Crippen molar-refractivity contribution in [2.75, 3.05) is 18.4 Å². The molecule has 3 aromatic rings. The van der Waals surface area contributed by atoms with Crippen LogP contribution in [0.4, 0.5) is 5.69 Å². The highest BCUT2D eigenvalue weighted by Crippen LogP contribution is 2.14. The van der Waals surface area contributed by atoms with E-state index in [-0.39, 0.29) is 11.8 Å². The Kier molecular flexibility index (Phi) is 5.66. The van der Waals surface area contributed by atoms with Crippen LogP contribution in [-0.4, -0.2) is 39.6 Å². The Morgan fingerprint density at radius 2 is 1.63 bits per heavy atom. The van der Waals surface area contributed by atoms with Crippen molar-refractivity contribution in [3.63, 3.8) is 0 Å². The van der Waals surface area contributed by atoms with Crippen LogP contribution in [0, 0.1) is 0 Å². The van der Waals surface area contributed by atoms with Gasteiger partial charge in [-0.15, -0.1) is 0 Å². The van der Waals surface area contributed by atoms with Gasteiger partial charge in [0.15, 0.2) is 0 Å². The van der Waals surface area contributed by atoms with Crippen LogP contribution in [0.15, 0.2) is 67.0 Å². The minimum absolute atomic E-state index is 0.0120. The van der Waals surface area contributed by atoms with E-state index in [9.17, 15) is 9.59 Å². The molecule has 0 spiro atoms.